The Morgan fingerprint density at radius 3 is 2.88 bits per heavy atom. The molecule has 17 heavy (non-hydrogen) atoms. The van der Waals surface area contributed by atoms with E-state index in [2.05, 4.69) is 41.3 Å². The van der Waals surface area contributed by atoms with E-state index in [0.29, 0.717) is 6.54 Å². The van der Waals surface area contributed by atoms with Crippen molar-refractivity contribution in [1.29, 1.82) is 0 Å². The average molecular weight is 229 g/mol. The van der Waals surface area contributed by atoms with Crippen LogP contribution < -0.4 is 11.1 Å². The topological polar surface area (TPSA) is 43.0 Å². The number of benzene rings is 1. The Morgan fingerprint density at radius 1 is 1.35 bits per heavy atom. The zero-order valence-electron chi connectivity index (χ0n) is 10.2. The summed E-state index contributed by atoms with van der Waals surface area (Å²) in [6, 6.07) is 7.12. The summed E-state index contributed by atoms with van der Waals surface area (Å²) in [7, 11) is 2.10. The molecule has 1 aliphatic rings. The largest absolute Gasteiger partial charge is 0.350 e. The van der Waals surface area contributed by atoms with Gasteiger partial charge in [-0.25, -0.2) is 0 Å². The maximum atomic E-state index is 5.83. The van der Waals surface area contributed by atoms with Crippen molar-refractivity contribution in [2.75, 3.05) is 0 Å². The van der Waals surface area contributed by atoms with Crippen LogP contribution in [0.2, 0.25) is 0 Å². The summed E-state index contributed by atoms with van der Waals surface area (Å²) in [5.74, 6) is 0. The van der Waals surface area contributed by atoms with Crippen LogP contribution in [0.1, 0.15) is 24.0 Å². The fourth-order valence-electron chi connectivity index (χ4n) is 2.46. The summed E-state index contributed by atoms with van der Waals surface area (Å²) in [6.07, 6.45) is 4.88. The predicted molar refractivity (Wildman–Crippen MR) is 70.7 cm³/mol. The van der Waals surface area contributed by atoms with Crippen molar-refractivity contribution < 1.29 is 0 Å². The summed E-state index contributed by atoms with van der Waals surface area (Å²) < 4.78 is 2.19. The second-order valence-corrected chi connectivity index (χ2v) is 4.94. The number of aromatic nitrogens is 1. The summed E-state index contributed by atoms with van der Waals surface area (Å²) in [6.45, 7) is 1.57. The Bertz CT molecular complexity index is 538. The van der Waals surface area contributed by atoms with Crippen LogP contribution in [0.15, 0.2) is 24.4 Å². The Hall–Kier alpha value is -1.32. The molecule has 1 fully saturated rings. The lowest BCUT2D eigenvalue weighted by Crippen LogP contribution is -2.15. The predicted octanol–water partition coefficient (Wildman–Crippen LogP) is 1.89. The number of hydrogen-bond donors (Lipinski definition) is 2. The van der Waals surface area contributed by atoms with Gasteiger partial charge in [0.05, 0.1) is 0 Å². The van der Waals surface area contributed by atoms with E-state index >= 15 is 0 Å². The number of hydrogen-bond acceptors (Lipinski definition) is 2. The van der Waals surface area contributed by atoms with Crippen LogP contribution in [0.25, 0.3) is 10.9 Å². The van der Waals surface area contributed by atoms with E-state index < -0.39 is 0 Å². The number of nitrogens with one attached hydrogen (secondary N) is 1. The van der Waals surface area contributed by atoms with Crippen molar-refractivity contribution >= 4 is 10.9 Å². The third kappa shape index (κ3) is 1.96. The lowest BCUT2D eigenvalue weighted by atomic mass is 10.1. The van der Waals surface area contributed by atoms with Gasteiger partial charge in [0, 0.05) is 43.3 Å². The van der Waals surface area contributed by atoms with Crippen molar-refractivity contribution in [3.8, 4) is 0 Å². The highest BCUT2D eigenvalue weighted by Crippen LogP contribution is 2.26. The van der Waals surface area contributed by atoms with Gasteiger partial charge in [-0.2, -0.15) is 0 Å². The van der Waals surface area contributed by atoms with Gasteiger partial charge in [0.15, 0.2) is 0 Å². The van der Waals surface area contributed by atoms with Crippen LogP contribution in [0.5, 0.6) is 0 Å². The van der Waals surface area contributed by atoms with Crippen LogP contribution in [-0.4, -0.2) is 10.6 Å². The number of nitrogens with zero attached hydrogens (tertiary/aromatic N) is 1. The van der Waals surface area contributed by atoms with Crippen molar-refractivity contribution in [3.05, 3.63) is 35.5 Å². The van der Waals surface area contributed by atoms with E-state index in [1.807, 2.05) is 0 Å². The zero-order valence-corrected chi connectivity index (χ0v) is 10.2. The number of aryl methyl sites for hydroxylation is 1. The van der Waals surface area contributed by atoms with Gasteiger partial charge in [-0.1, -0.05) is 12.1 Å². The molecule has 3 rings (SSSR count). The molecular formula is C14H19N3. The molecule has 90 valence electrons. The van der Waals surface area contributed by atoms with Gasteiger partial charge in [0.1, 0.15) is 0 Å². The van der Waals surface area contributed by atoms with Crippen molar-refractivity contribution in [3.63, 3.8) is 0 Å². The molecule has 0 bridgehead atoms. The van der Waals surface area contributed by atoms with Crippen LogP contribution in [0, 0.1) is 0 Å². The lowest BCUT2D eigenvalue weighted by molar-refractivity contribution is 0.688. The summed E-state index contributed by atoms with van der Waals surface area (Å²) in [4.78, 5) is 0. The molecule has 0 unspecified atom stereocenters. The maximum Gasteiger partial charge on any atom is 0.0484 e. The van der Waals surface area contributed by atoms with Gasteiger partial charge in [0.25, 0.3) is 0 Å². The van der Waals surface area contributed by atoms with E-state index in [-0.39, 0.29) is 0 Å². The van der Waals surface area contributed by atoms with Gasteiger partial charge in [-0.3, -0.25) is 0 Å². The zero-order chi connectivity index (χ0) is 11.8. The minimum absolute atomic E-state index is 0.609. The molecule has 1 saturated carbocycles. The Labute approximate surface area is 102 Å². The molecule has 0 radical (unpaired) electrons. The van der Waals surface area contributed by atoms with Crippen LogP contribution in [0.3, 0.4) is 0 Å². The molecular weight excluding hydrogens is 210 g/mol. The first-order valence-electron chi connectivity index (χ1n) is 6.29. The minimum atomic E-state index is 0.609. The third-order valence-corrected chi connectivity index (χ3v) is 3.56. The first-order valence-corrected chi connectivity index (χ1v) is 6.29. The normalized spacial score (nSPS) is 15.6. The second-order valence-electron chi connectivity index (χ2n) is 4.94. The molecule has 1 aromatic carbocycles. The van der Waals surface area contributed by atoms with Gasteiger partial charge in [-0.15, -0.1) is 0 Å². The Morgan fingerprint density at radius 2 is 2.18 bits per heavy atom. The molecule has 0 saturated heterocycles. The Kier molecular flexibility index (Phi) is 2.65. The summed E-state index contributed by atoms with van der Waals surface area (Å²) in [5, 5.41) is 4.91. The third-order valence-electron chi connectivity index (χ3n) is 3.56. The SMILES string of the molecule is Cn1cc(CNC2CC2)c2c(CN)cccc21. The first-order chi connectivity index (χ1) is 8.29. The molecule has 3 N–H and O–H groups in total. The molecule has 3 heteroatoms. The first kappa shape index (κ1) is 10.8. The van der Waals surface area contributed by atoms with Crippen molar-refractivity contribution in [1.82, 2.24) is 9.88 Å². The van der Waals surface area contributed by atoms with E-state index in [4.69, 9.17) is 5.73 Å². The fraction of sp³-hybridized carbons (Fsp3) is 0.429. The summed E-state index contributed by atoms with van der Waals surface area (Å²) >= 11 is 0. The number of nitrogens with two attached hydrogens (primary N) is 1. The number of fused-ring (bicyclic) bond motifs is 1. The molecule has 1 aromatic heterocycles. The van der Waals surface area contributed by atoms with Gasteiger partial charge in [0.2, 0.25) is 0 Å². The lowest BCUT2D eigenvalue weighted by Gasteiger charge is -2.05. The van der Waals surface area contributed by atoms with Crippen LogP contribution in [0.4, 0.5) is 0 Å². The van der Waals surface area contributed by atoms with Crippen molar-refractivity contribution in [2.24, 2.45) is 12.8 Å². The van der Waals surface area contributed by atoms with E-state index in [9.17, 15) is 0 Å². The van der Waals surface area contributed by atoms with Crippen LogP contribution in [-0.2, 0) is 20.1 Å². The highest BCUT2D eigenvalue weighted by atomic mass is 15.0. The smallest absolute Gasteiger partial charge is 0.0484 e. The standard InChI is InChI=1S/C14H19N3/c1-17-9-11(8-16-12-5-6-12)14-10(7-15)3-2-4-13(14)17/h2-4,9,12,16H,5-8,15H2,1H3. The van der Waals surface area contributed by atoms with Crippen molar-refractivity contribution in [2.45, 2.75) is 32.0 Å². The van der Waals surface area contributed by atoms with Gasteiger partial charge >= 0.3 is 0 Å². The fourth-order valence-corrected chi connectivity index (χ4v) is 2.46. The molecule has 3 nitrogen and oxygen atoms in total. The molecule has 0 atom stereocenters. The molecule has 0 spiro atoms. The monoisotopic (exact) mass is 229 g/mol. The average Bonchev–Trinajstić information content (AvgIpc) is 3.12. The minimum Gasteiger partial charge on any atom is -0.350 e. The van der Waals surface area contributed by atoms with E-state index in [0.717, 1.165) is 12.6 Å². The highest BCUT2D eigenvalue weighted by Gasteiger charge is 2.21. The summed E-state index contributed by atoms with van der Waals surface area (Å²) in [5.41, 5.74) is 9.73. The van der Waals surface area contributed by atoms with Crippen LogP contribution >= 0.6 is 0 Å². The Balaban J connectivity index is 2.02. The molecule has 2 aromatic rings. The number of rotatable bonds is 4. The van der Waals surface area contributed by atoms with Gasteiger partial charge in [-0.05, 0) is 30.0 Å². The molecule has 0 amide bonds. The highest BCUT2D eigenvalue weighted by molar-refractivity contribution is 5.87. The second kappa shape index (κ2) is 4.17. The molecule has 0 aliphatic heterocycles. The quantitative estimate of drug-likeness (QED) is 0.840. The van der Waals surface area contributed by atoms with Gasteiger partial charge < -0.3 is 15.6 Å². The van der Waals surface area contributed by atoms with E-state index in [1.165, 1.54) is 34.9 Å². The molecule has 1 heterocycles. The van der Waals surface area contributed by atoms with E-state index in [1.54, 1.807) is 0 Å². The maximum absolute atomic E-state index is 5.83. The molecule has 1 aliphatic carbocycles.